The van der Waals surface area contributed by atoms with Crippen LogP contribution in [0, 0.1) is 13.8 Å². The molecule has 0 aliphatic heterocycles. The minimum absolute atomic E-state index is 0.0759. The summed E-state index contributed by atoms with van der Waals surface area (Å²) in [5.74, 6) is -0.504. The lowest BCUT2D eigenvalue weighted by atomic mass is 10.1. The number of anilines is 1. The Morgan fingerprint density at radius 3 is 2.52 bits per heavy atom. The van der Waals surface area contributed by atoms with Crippen molar-refractivity contribution in [1.82, 2.24) is 5.43 Å². The standard InChI is InChI=1S/C19H20BrN3O2/c1-13-6-7-17(10-14(13)2)22-18(24)8-9-19(25)23-21-12-15-4-3-5-16(20)11-15/h3-7,10-12H,8-9H2,1-2H3,(H,22,24)(H,23,25). The highest BCUT2D eigenvalue weighted by Crippen LogP contribution is 2.14. The first-order valence-corrected chi connectivity index (χ1v) is 8.68. The van der Waals surface area contributed by atoms with Crippen LogP contribution in [-0.2, 0) is 9.59 Å². The highest BCUT2D eigenvalue weighted by Gasteiger charge is 2.07. The summed E-state index contributed by atoms with van der Waals surface area (Å²) in [4.78, 5) is 23.7. The predicted octanol–water partition coefficient (Wildman–Crippen LogP) is 3.93. The zero-order valence-corrected chi connectivity index (χ0v) is 15.8. The van der Waals surface area contributed by atoms with Crippen LogP contribution in [0.5, 0.6) is 0 Å². The number of carbonyl (C=O) groups excluding carboxylic acids is 2. The van der Waals surface area contributed by atoms with Crippen LogP contribution < -0.4 is 10.7 Å². The first-order valence-electron chi connectivity index (χ1n) is 7.88. The third-order valence-electron chi connectivity index (χ3n) is 3.62. The Balaban J connectivity index is 1.75. The molecule has 2 rings (SSSR count). The van der Waals surface area contributed by atoms with Gasteiger partial charge in [-0.1, -0.05) is 34.1 Å². The normalized spacial score (nSPS) is 10.7. The summed E-state index contributed by atoms with van der Waals surface area (Å²) in [6, 6.07) is 13.3. The quantitative estimate of drug-likeness (QED) is 0.568. The Bertz CT molecular complexity index is 803. The third kappa shape index (κ3) is 6.51. The van der Waals surface area contributed by atoms with Crippen molar-refractivity contribution < 1.29 is 9.59 Å². The van der Waals surface area contributed by atoms with Crippen molar-refractivity contribution in [2.24, 2.45) is 5.10 Å². The predicted molar refractivity (Wildman–Crippen MR) is 104 cm³/mol. The van der Waals surface area contributed by atoms with Gasteiger partial charge in [0.15, 0.2) is 0 Å². The molecule has 2 aromatic carbocycles. The Morgan fingerprint density at radius 2 is 1.80 bits per heavy atom. The topological polar surface area (TPSA) is 70.6 Å². The lowest BCUT2D eigenvalue weighted by molar-refractivity contribution is -0.124. The third-order valence-corrected chi connectivity index (χ3v) is 4.11. The van der Waals surface area contributed by atoms with E-state index in [0.29, 0.717) is 0 Å². The molecule has 0 saturated heterocycles. The van der Waals surface area contributed by atoms with Crippen LogP contribution in [0.3, 0.4) is 0 Å². The van der Waals surface area contributed by atoms with Crippen molar-refractivity contribution in [3.05, 3.63) is 63.6 Å². The summed E-state index contributed by atoms with van der Waals surface area (Å²) in [6.45, 7) is 4.00. The van der Waals surface area contributed by atoms with Gasteiger partial charge < -0.3 is 5.32 Å². The minimum atomic E-state index is -0.304. The van der Waals surface area contributed by atoms with Crippen LogP contribution in [0.25, 0.3) is 0 Å². The van der Waals surface area contributed by atoms with Crippen LogP contribution in [0.4, 0.5) is 5.69 Å². The van der Waals surface area contributed by atoms with Crippen LogP contribution in [-0.4, -0.2) is 18.0 Å². The summed E-state index contributed by atoms with van der Waals surface area (Å²) < 4.78 is 0.936. The van der Waals surface area contributed by atoms with Gasteiger partial charge in [-0.3, -0.25) is 9.59 Å². The van der Waals surface area contributed by atoms with Gasteiger partial charge >= 0.3 is 0 Å². The number of nitrogens with zero attached hydrogens (tertiary/aromatic N) is 1. The molecule has 2 aromatic rings. The maximum atomic E-state index is 11.9. The average Bonchev–Trinajstić information content (AvgIpc) is 2.56. The van der Waals surface area contributed by atoms with Gasteiger partial charge in [0.1, 0.15) is 0 Å². The molecule has 0 fully saturated rings. The van der Waals surface area contributed by atoms with Gasteiger partial charge in [0, 0.05) is 23.0 Å². The number of amides is 2. The van der Waals surface area contributed by atoms with Gasteiger partial charge in [0.05, 0.1) is 6.21 Å². The molecule has 0 unspecified atom stereocenters. The van der Waals surface area contributed by atoms with E-state index in [1.54, 1.807) is 6.21 Å². The molecule has 5 nitrogen and oxygen atoms in total. The van der Waals surface area contributed by atoms with Gasteiger partial charge in [-0.25, -0.2) is 5.43 Å². The fourth-order valence-electron chi connectivity index (χ4n) is 2.09. The molecule has 0 heterocycles. The zero-order valence-electron chi connectivity index (χ0n) is 14.2. The summed E-state index contributed by atoms with van der Waals surface area (Å²) >= 11 is 3.37. The molecular weight excluding hydrogens is 382 g/mol. The second-order valence-corrected chi connectivity index (χ2v) is 6.61. The largest absolute Gasteiger partial charge is 0.326 e. The van der Waals surface area contributed by atoms with E-state index in [-0.39, 0.29) is 24.7 Å². The van der Waals surface area contributed by atoms with E-state index in [0.717, 1.165) is 21.3 Å². The van der Waals surface area contributed by atoms with Crippen molar-refractivity contribution in [1.29, 1.82) is 0 Å². The SMILES string of the molecule is Cc1ccc(NC(=O)CCC(=O)NN=Cc2cccc(Br)c2)cc1C. The molecule has 0 saturated carbocycles. The average molecular weight is 402 g/mol. The molecular formula is C19H20BrN3O2. The van der Waals surface area contributed by atoms with E-state index < -0.39 is 0 Å². The van der Waals surface area contributed by atoms with Gasteiger partial charge in [-0.2, -0.15) is 5.10 Å². The van der Waals surface area contributed by atoms with Crippen molar-refractivity contribution in [3.8, 4) is 0 Å². The van der Waals surface area contributed by atoms with Crippen LogP contribution in [0.2, 0.25) is 0 Å². The molecule has 2 N–H and O–H groups in total. The second kappa shape index (κ2) is 9.13. The van der Waals surface area contributed by atoms with Crippen molar-refractivity contribution in [2.75, 3.05) is 5.32 Å². The highest BCUT2D eigenvalue weighted by atomic mass is 79.9. The lowest BCUT2D eigenvalue weighted by Crippen LogP contribution is -2.20. The van der Waals surface area contributed by atoms with E-state index >= 15 is 0 Å². The maximum Gasteiger partial charge on any atom is 0.240 e. The number of carbonyl (C=O) groups is 2. The summed E-state index contributed by atoms with van der Waals surface area (Å²) in [5.41, 5.74) is 6.30. The summed E-state index contributed by atoms with van der Waals surface area (Å²) in [7, 11) is 0. The first-order chi connectivity index (χ1) is 11.9. The van der Waals surface area contributed by atoms with Crippen molar-refractivity contribution in [2.45, 2.75) is 26.7 Å². The Labute approximate surface area is 155 Å². The molecule has 0 aromatic heterocycles. The smallest absolute Gasteiger partial charge is 0.240 e. The summed E-state index contributed by atoms with van der Waals surface area (Å²) in [6.07, 6.45) is 1.73. The van der Waals surface area contributed by atoms with Gasteiger partial charge in [0.25, 0.3) is 0 Å². The number of hydrazone groups is 1. The number of hydrogen-bond donors (Lipinski definition) is 2. The van der Waals surface area contributed by atoms with Gasteiger partial charge in [0.2, 0.25) is 11.8 Å². The maximum absolute atomic E-state index is 11.9. The monoisotopic (exact) mass is 401 g/mol. The van der Waals surface area contributed by atoms with E-state index in [1.807, 2.05) is 56.3 Å². The molecule has 0 atom stereocenters. The van der Waals surface area contributed by atoms with Crippen LogP contribution in [0.1, 0.15) is 29.5 Å². The molecule has 2 amide bonds. The first kappa shape index (κ1) is 18.9. The number of halogens is 1. The molecule has 0 aliphatic carbocycles. The Hall–Kier alpha value is -2.47. The fourth-order valence-corrected chi connectivity index (χ4v) is 2.51. The minimum Gasteiger partial charge on any atom is -0.326 e. The van der Waals surface area contributed by atoms with Gasteiger partial charge in [-0.15, -0.1) is 0 Å². The number of benzene rings is 2. The zero-order chi connectivity index (χ0) is 18.2. The van der Waals surface area contributed by atoms with E-state index in [2.05, 4.69) is 31.8 Å². The van der Waals surface area contributed by atoms with Crippen molar-refractivity contribution >= 4 is 39.6 Å². The van der Waals surface area contributed by atoms with Gasteiger partial charge in [-0.05, 0) is 54.8 Å². The molecule has 0 radical (unpaired) electrons. The van der Waals surface area contributed by atoms with Crippen LogP contribution >= 0.6 is 15.9 Å². The van der Waals surface area contributed by atoms with Crippen molar-refractivity contribution in [3.63, 3.8) is 0 Å². The molecule has 0 spiro atoms. The lowest BCUT2D eigenvalue weighted by Gasteiger charge is -2.07. The number of rotatable bonds is 6. The van der Waals surface area contributed by atoms with E-state index in [9.17, 15) is 9.59 Å². The highest BCUT2D eigenvalue weighted by molar-refractivity contribution is 9.10. The molecule has 6 heteroatoms. The second-order valence-electron chi connectivity index (χ2n) is 5.70. The molecule has 0 aliphatic rings. The molecule has 25 heavy (non-hydrogen) atoms. The number of hydrogen-bond acceptors (Lipinski definition) is 3. The molecule has 0 bridgehead atoms. The fraction of sp³-hybridized carbons (Fsp3) is 0.211. The van der Waals surface area contributed by atoms with E-state index in [1.165, 1.54) is 5.56 Å². The van der Waals surface area contributed by atoms with Crippen LogP contribution in [0.15, 0.2) is 52.0 Å². The summed E-state index contributed by atoms with van der Waals surface area (Å²) in [5, 5.41) is 6.68. The number of nitrogens with one attached hydrogen (secondary N) is 2. The number of aryl methyl sites for hydroxylation is 2. The Morgan fingerprint density at radius 1 is 1.04 bits per heavy atom. The Kier molecular flexibility index (Phi) is 6.89. The molecule has 130 valence electrons. The van der Waals surface area contributed by atoms with E-state index in [4.69, 9.17) is 0 Å².